The highest BCUT2D eigenvalue weighted by Crippen LogP contribution is 2.20. The van der Waals surface area contributed by atoms with Gasteiger partial charge in [0.15, 0.2) is 0 Å². The summed E-state index contributed by atoms with van der Waals surface area (Å²) >= 11 is 0. The Balaban J connectivity index is 1.61. The molecule has 0 saturated carbocycles. The quantitative estimate of drug-likeness (QED) is 0.458. The molecule has 0 radical (unpaired) electrons. The van der Waals surface area contributed by atoms with Crippen LogP contribution in [-0.4, -0.2) is 11.8 Å². The lowest BCUT2D eigenvalue weighted by atomic mass is 10.1. The Morgan fingerprint density at radius 3 is 2.40 bits per heavy atom. The standard InChI is InChI=1S/C25H20N2O3/c1-17-7-2-5-11-22(17)24(28)27-23(16-21-10-6-14-30-21)25(29)26-20-13-12-18-8-3-4-9-19(18)15-20/h2-16H,1H3,(H,26,29)(H,27,28)/b23-16+. The number of anilines is 1. The number of fused-ring (bicyclic) bond motifs is 1. The smallest absolute Gasteiger partial charge is 0.272 e. The molecule has 4 aromatic rings. The summed E-state index contributed by atoms with van der Waals surface area (Å²) in [5, 5.41) is 7.66. The Morgan fingerprint density at radius 1 is 0.867 bits per heavy atom. The van der Waals surface area contributed by atoms with Crippen LogP contribution in [0, 0.1) is 6.92 Å². The second kappa shape index (κ2) is 8.49. The van der Waals surface area contributed by atoms with Crippen molar-refractivity contribution < 1.29 is 14.0 Å². The average molecular weight is 396 g/mol. The van der Waals surface area contributed by atoms with Crippen molar-refractivity contribution >= 4 is 34.4 Å². The number of benzene rings is 3. The zero-order valence-electron chi connectivity index (χ0n) is 16.4. The molecule has 5 nitrogen and oxygen atoms in total. The second-order valence-corrected chi connectivity index (χ2v) is 6.86. The van der Waals surface area contributed by atoms with Crippen LogP contribution in [0.15, 0.2) is 95.2 Å². The largest absolute Gasteiger partial charge is 0.465 e. The number of nitrogens with one attached hydrogen (secondary N) is 2. The maximum Gasteiger partial charge on any atom is 0.272 e. The lowest BCUT2D eigenvalue weighted by molar-refractivity contribution is -0.113. The van der Waals surface area contributed by atoms with E-state index in [0.717, 1.165) is 16.3 Å². The maximum absolute atomic E-state index is 13.0. The van der Waals surface area contributed by atoms with Gasteiger partial charge in [0.1, 0.15) is 11.5 Å². The van der Waals surface area contributed by atoms with Gasteiger partial charge in [-0.15, -0.1) is 0 Å². The van der Waals surface area contributed by atoms with Crippen LogP contribution >= 0.6 is 0 Å². The van der Waals surface area contributed by atoms with E-state index in [1.54, 1.807) is 24.3 Å². The number of amides is 2. The maximum atomic E-state index is 13.0. The first kappa shape index (κ1) is 19.2. The van der Waals surface area contributed by atoms with E-state index in [9.17, 15) is 9.59 Å². The average Bonchev–Trinajstić information content (AvgIpc) is 3.26. The molecule has 0 unspecified atom stereocenters. The van der Waals surface area contributed by atoms with Crippen LogP contribution in [0.4, 0.5) is 5.69 Å². The minimum Gasteiger partial charge on any atom is -0.465 e. The van der Waals surface area contributed by atoms with Gasteiger partial charge in [-0.2, -0.15) is 0 Å². The Hall–Kier alpha value is -4.12. The van der Waals surface area contributed by atoms with E-state index in [2.05, 4.69) is 10.6 Å². The molecule has 2 amide bonds. The molecule has 0 saturated heterocycles. The number of hydrogen-bond donors (Lipinski definition) is 2. The number of furan rings is 1. The molecule has 30 heavy (non-hydrogen) atoms. The number of hydrogen-bond acceptors (Lipinski definition) is 3. The molecule has 0 aliphatic heterocycles. The minimum absolute atomic E-state index is 0.0892. The van der Waals surface area contributed by atoms with Gasteiger partial charge in [-0.05, 0) is 53.6 Å². The third kappa shape index (κ3) is 4.31. The molecule has 5 heteroatoms. The second-order valence-electron chi connectivity index (χ2n) is 6.86. The molecular weight excluding hydrogens is 376 g/mol. The van der Waals surface area contributed by atoms with Crippen molar-refractivity contribution in [2.45, 2.75) is 6.92 Å². The first-order valence-corrected chi connectivity index (χ1v) is 9.52. The van der Waals surface area contributed by atoms with Crippen molar-refractivity contribution in [1.82, 2.24) is 5.32 Å². The highest BCUT2D eigenvalue weighted by molar-refractivity contribution is 6.11. The van der Waals surface area contributed by atoms with Gasteiger partial charge in [0.2, 0.25) is 0 Å². The van der Waals surface area contributed by atoms with E-state index in [1.807, 2.05) is 61.5 Å². The van der Waals surface area contributed by atoms with Crippen LogP contribution in [0.1, 0.15) is 21.7 Å². The van der Waals surface area contributed by atoms with Crippen molar-refractivity contribution in [3.63, 3.8) is 0 Å². The minimum atomic E-state index is -0.441. The van der Waals surface area contributed by atoms with Crippen LogP contribution in [-0.2, 0) is 4.79 Å². The molecule has 2 N–H and O–H groups in total. The summed E-state index contributed by atoms with van der Waals surface area (Å²) in [6, 6.07) is 24.2. The van der Waals surface area contributed by atoms with Crippen molar-refractivity contribution in [3.05, 3.63) is 108 Å². The van der Waals surface area contributed by atoms with Crippen molar-refractivity contribution in [2.75, 3.05) is 5.32 Å². The van der Waals surface area contributed by atoms with Gasteiger partial charge in [-0.25, -0.2) is 0 Å². The number of carbonyl (C=O) groups is 2. The first-order chi connectivity index (χ1) is 14.6. The van der Waals surface area contributed by atoms with E-state index in [0.29, 0.717) is 17.0 Å². The number of rotatable bonds is 5. The molecular formula is C25H20N2O3. The van der Waals surface area contributed by atoms with E-state index in [-0.39, 0.29) is 11.6 Å². The van der Waals surface area contributed by atoms with Gasteiger partial charge >= 0.3 is 0 Å². The van der Waals surface area contributed by atoms with Gasteiger partial charge < -0.3 is 15.1 Å². The monoisotopic (exact) mass is 396 g/mol. The molecule has 4 rings (SSSR count). The fourth-order valence-electron chi connectivity index (χ4n) is 3.16. The zero-order valence-corrected chi connectivity index (χ0v) is 16.4. The van der Waals surface area contributed by atoms with Crippen LogP contribution in [0.3, 0.4) is 0 Å². The topological polar surface area (TPSA) is 71.3 Å². The molecule has 0 aliphatic carbocycles. The molecule has 0 bridgehead atoms. The predicted molar refractivity (Wildman–Crippen MR) is 118 cm³/mol. The fourth-order valence-corrected chi connectivity index (χ4v) is 3.16. The van der Waals surface area contributed by atoms with Gasteiger partial charge in [0.05, 0.1) is 6.26 Å². The Kier molecular flexibility index (Phi) is 5.44. The van der Waals surface area contributed by atoms with Gasteiger partial charge in [-0.1, -0.05) is 48.5 Å². The van der Waals surface area contributed by atoms with E-state index < -0.39 is 5.91 Å². The molecule has 0 spiro atoms. The van der Waals surface area contributed by atoms with Crippen molar-refractivity contribution in [1.29, 1.82) is 0 Å². The molecule has 1 aromatic heterocycles. The van der Waals surface area contributed by atoms with Crippen molar-refractivity contribution in [3.8, 4) is 0 Å². The third-order valence-corrected chi connectivity index (χ3v) is 4.72. The lowest BCUT2D eigenvalue weighted by Crippen LogP contribution is -2.31. The molecule has 0 fully saturated rings. The highest BCUT2D eigenvalue weighted by Gasteiger charge is 2.17. The van der Waals surface area contributed by atoms with Crippen LogP contribution in [0.5, 0.6) is 0 Å². The zero-order chi connectivity index (χ0) is 20.9. The number of carbonyl (C=O) groups excluding carboxylic acids is 2. The molecule has 1 heterocycles. The Bertz CT molecular complexity index is 1240. The number of aryl methyl sites for hydroxylation is 1. The normalized spacial score (nSPS) is 11.3. The summed E-state index contributed by atoms with van der Waals surface area (Å²) in [6.07, 6.45) is 3.01. The summed E-state index contributed by atoms with van der Waals surface area (Å²) in [7, 11) is 0. The van der Waals surface area contributed by atoms with Crippen LogP contribution < -0.4 is 10.6 Å². The van der Waals surface area contributed by atoms with Crippen molar-refractivity contribution in [2.24, 2.45) is 0 Å². The Labute approximate surface area is 174 Å². The summed E-state index contributed by atoms with van der Waals surface area (Å²) in [6.45, 7) is 1.85. The molecule has 148 valence electrons. The summed E-state index contributed by atoms with van der Waals surface area (Å²) in [5.74, 6) is -0.341. The van der Waals surface area contributed by atoms with E-state index in [4.69, 9.17) is 4.42 Å². The lowest BCUT2D eigenvalue weighted by Gasteiger charge is -2.12. The first-order valence-electron chi connectivity index (χ1n) is 9.52. The van der Waals surface area contributed by atoms with Gasteiger partial charge in [-0.3, -0.25) is 9.59 Å². The van der Waals surface area contributed by atoms with Gasteiger partial charge in [0.25, 0.3) is 11.8 Å². The highest BCUT2D eigenvalue weighted by atomic mass is 16.3. The van der Waals surface area contributed by atoms with E-state index in [1.165, 1.54) is 12.3 Å². The molecule has 0 atom stereocenters. The van der Waals surface area contributed by atoms with Crippen LogP contribution in [0.25, 0.3) is 16.8 Å². The summed E-state index contributed by atoms with van der Waals surface area (Å²) in [5.41, 5.74) is 2.05. The van der Waals surface area contributed by atoms with Crippen LogP contribution in [0.2, 0.25) is 0 Å². The predicted octanol–water partition coefficient (Wildman–Crippen LogP) is 5.15. The molecule has 0 aliphatic rings. The summed E-state index contributed by atoms with van der Waals surface area (Å²) in [4.78, 5) is 25.8. The fraction of sp³-hybridized carbons (Fsp3) is 0.0400. The Morgan fingerprint density at radius 2 is 1.63 bits per heavy atom. The molecule has 3 aromatic carbocycles. The SMILES string of the molecule is Cc1ccccc1C(=O)N/C(=C/c1ccco1)C(=O)Nc1ccc2ccccc2c1. The third-order valence-electron chi connectivity index (χ3n) is 4.72. The summed E-state index contributed by atoms with van der Waals surface area (Å²) < 4.78 is 5.33. The van der Waals surface area contributed by atoms with E-state index >= 15 is 0 Å². The van der Waals surface area contributed by atoms with Gasteiger partial charge in [0, 0.05) is 17.3 Å².